The molecule has 0 radical (unpaired) electrons. The van der Waals surface area contributed by atoms with Gasteiger partial charge in [0.15, 0.2) is 5.84 Å². The molecule has 0 fully saturated rings. The third-order valence-corrected chi connectivity index (χ3v) is 5.95. The normalized spacial score (nSPS) is 11.2. The van der Waals surface area contributed by atoms with Crippen molar-refractivity contribution in [1.82, 2.24) is 9.99 Å². The first kappa shape index (κ1) is 21.1. The summed E-state index contributed by atoms with van der Waals surface area (Å²) in [5, 5.41) is 27.4. The van der Waals surface area contributed by atoms with Gasteiger partial charge in [0.25, 0.3) is 0 Å². The summed E-state index contributed by atoms with van der Waals surface area (Å²) in [4.78, 5) is 0. The Morgan fingerprint density at radius 3 is 2.44 bits per heavy atom. The van der Waals surface area contributed by atoms with Gasteiger partial charge in [-0.2, -0.15) is 5.26 Å². The van der Waals surface area contributed by atoms with Crippen molar-refractivity contribution in [3.8, 4) is 17.2 Å². The number of nitriles is 1. The molecule has 5 aromatic rings. The van der Waals surface area contributed by atoms with Crippen LogP contribution in [0.4, 0.5) is 0 Å². The Hall–Kier alpha value is -4.76. The maximum Gasteiger partial charge on any atom is 0.176 e. The Balaban J connectivity index is 1.54. The number of nitrogens with one attached hydrogen (secondary N) is 2. The average Bonchev–Trinajstić information content (AvgIpc) is 3.20. The number of fused-ring (bicyclic) bond motifs is 3. The van der Waals surface area contributed by atoms with Crippen LogP contribution in [-0.2, 0) is 6.54 Å². The smallest absolute Gasteiger partial charge is 0.176 e. The van der Waals surface area contributed by atoms with Crippen molar-refractivity contribution in [2.45, 2.75) is 6.54 Å². The van der Waals surface area contributed by atoms with E-state index in [1.165, 1.54) is 5.56 Å². The second-order valence-electron chi connectivity index (χ2n) is 7.96. The predicted octanol–water partition coefficient (Wildman–Crippen LogP) is 6.29. The van der Waals surface area contributed by atoms with Crippen LogP contribution >= 0.6 is 0 Å². The lowest BCUT2D eigenvalue weighted by Crippen LogP contribution is -2.00. The zero-order valence-electron chi connectivity index (χ0n) is 18.7. The molecule has 6 nitrogen and oxygen atoms in total. The summed E-state index contributed by atoms with van der Waals surface area (Å²) in [5.74, 6) is 0.112. The monoisotopic (exact) mass is 442 g/mol. The first-order chi connectivity index (χ1) is 16.7. The highest BCUT2D eigenvalue weighted by Crippen LogP contribution is 2.31. The summed E-state index contributed by atoms with van der Waals surface area (Å²) < 4.78 is 2.30. The largest absolute Gasteiger partial charge is 0.336 e. The summed E-state index contributed by atoms with van der Waals surface area (Å²) in [5.41, 5.74) is 9.35. The minimum Gasteiger partial charge on any atom is -0.336 e. The van der Waals surface area contributed by atoms with Gasteiger partial charge in [0, 0.05) is 41.0 Å². The molecule has 0 aliphatic rings. The third-order valence-electron chi connectivity index (χ3n) is 5.95. The molecule has 0 unspecified atom stereocenters. The average molecular weight is 443 g/mol. The van der Waals surface area contributed by atoms with Crippen LogP contribution in [0.15, 0.2) is 101 Å². The molecule has 164 valence electrons. The number of nitrogens with zero attached hydrogens (tertiary/aromatic N) is 4. The third kappa shape index (κ3) is 3.80. The summed E-state index contributed by atoms with van der Waals surface area (Å²) in [6.45, 7) is 0.709. The summed E-state index contributed by atoms with van der Waals surface area (Å²) in [7, 11) is 1.66. The van der Waals surface area contributed by atoms with Crippen LogP contribution in [0.1, 0.15) is 16.7 Å². The lowest BCUT2D eigenvalue weighted by molar-refractivity contribution is 0.828. The van der Waals surface area contributed by atoms with Gasteiger partial charge >= 0.3 is 0 Å². The van der Waals surface area contributed by atoms with Crippen molar-refractivity contribution < 1.29 is 0 Å². The molecule has 6 heteroatoms. The van der Waals surface area contributed by atoms with E-state index in [1.54, 1.807) is 7.05 Å². The molecule has 0 aliphatic carbocycles. The topological polar surface area (TPSA) is 89.3 Å². The summed E-state index contributed by atoms with van der Waals surface area (Å²) >= 11 is 0. The van der Waals surface area contributed by atoms with E-state index in [0.29, 0.717) is 12.1 Å². The number of rotatable bonds is 5. The van der Waals surface area contributed by atoms with E-state index in [2.05, 4.69) is 62.8 Å². The standard InChI is InChI=1S/C28H22N6/c1-31-33-32-28(30)21-14-15-27-25(16-21)24-8-4-5-9-26(24)34(27)18-19-10-12-20(13-11-19)23-7-3-2-6-22(23)17-29/h2-16H,18H2,1H3,(H2,30,31,32). The first-order valence-electron chi connectivity index (χ1n) is 11.0. The van der Waals surface area contributed by atoms with Crippen molar-refractivity contribution in [2.75, 3.05) is 7.05 Å². The highest BCUT2D eigenvalue weighted by Gasteiger charge is 2.13. The number of amidine groups is 1. The molecular weight excluding hydrogens is 420 g/mol. The van der Waals surface area contributed by atoms with E-state index in [-0.39, 0.29) is 5.84 Å². The molecule has 0 saturated heterocycles. The fraction of sp³-hybridized carbons (Fsp3) is 0.0714. The number of benzene rings is 4. The Bertz CT molecular complexity index is 1590. The van der Waals surface area contributed by atoms with Gasteiger partial charge < -0.3 is 4.57 Å². The predicted molar refractivity (Wildman–Crippen MR) is 136 cm³/mol. The van der Waals surface area contributed by atoms with E-state index in [4.69, 9.17) is 5.41 Å². The maximum atomic E-state index is 9.42. The number of hydrogen-bond acceptors (Lipinski definition) is 3. The van der Waals surface area contributed by atoms with E-state index >= 15 is 0 Å². The second-order valence-corrected chi connectivity index (χ2v) is 7.96. The van der Waals surface area contributed by atoms with E-state index < -0.39 is 0 Å². The van der Waals surface area contributed by atoms with Crippen LogP contribution in [0.25, 0.3) is 32.9 Å². The maximum absolute atomic E-state index is 9.42. The zero-order chi connectivity index (χ0) is 23.5. The Morgan fingerprint density at radius 2 is 1.65 bits per heavy atom. The Labute approximate surface area is 197 Å². The SMILES string of the molecule is CN/N=N\C(=N)c1ccc2c(c1)c1ccccc1n2Cc1ccc(-c2ccccc2C#N)cc1. The fourth-order valence-electron chi connectivity index (χ4n) is 4.33. The van der Waals surface area contributed by atoms with E-state index in [9.17, 15) is 5.26 Å². The van der Waals surface area contributed by atoms with Gasteiger partial charge in [0.05, 0.1) is 11.6 Å². The molecule has 0 aliphatic heterocycles. The lowest BCUT2D eigenvalue weighted by atomic mass is 9.99. The van der Waals surface area contributed by atoms with Crippen molar-refractivity contribution in [2.24, 2.45) is 10.3 Å². The van der Waals surface area contributed by atoms with Crippen LogP contribution in [0.5, 0.6) is 0 Å². The molecule has 0 saturated carbocycles. The van der Waals surface area contributed by atoms with Crippen molar-refractivity contribution in [3.05, 3.63) is 108 Å². The lowest BCUT2D eigenvalue weighted by Gasteiger charge is -2.10. The number of aromatic nitrogens is 1. The van der Waals surface area contributed by atoms with Crippen LogP contribution < -0.4 is 5.43 Å². The fourth-order valence-corrected chi connectivity index (χ4v) is 4.33. The first-order valence-corrected chi connectivity index (χ1v) is 11.0. The minimum absolute atomic E-state index is 0.112. The highest BCUT2D eigenvalue weighted by molar-refractivity contribution is 6.11. The molecular formula is C28H22N6. The van der Waals surface area contributed by atoms with Crippen molar-refractivity contribution in [3.63, 3.8) is 0 Å². The van der Waals surface area contributed by atoms with Crippen molar-refractivity contribution >= 4 is 27.6 Å². The van der Waals surface area contributed by atoms with Gasteiger partial charge in [-0.25, -0.2) is 0 Å². The molecule has 0 bridgehead atoms. The molecule has 0 spiro atoms. The molecule has 4 aromatic carbocycles. The van der Waals surface area contributed by atoms with E-state index in [1.807, 2.05) is 54.6 Å². The second kappa shape index (κ2) is 9.00. The molecule has 0 amide bonds. The summed E-state index contributed by atoms with van der Waals surface area (Å²) in [6, 6.07) is 32.6. The molecule has 1 heterocycles. The summed E-state index contributed by atoms with van der Waals surface area (Å²) in [6.07, 6.45) is 0. The minimum atomic E-state index is 0.112. The molecule has 2 N–H and O–H groups in total. The number of hydrogen-bond donors (Lipinski definition) is 2. The van der Waals surface area contributed by atoms with Crippen LogP contribution in [0.3, 0.4) is 0 Å². The van der Waals surface area contributed by atoms with Gasteiger partial charge in [0.2, 0.25) is 0 Å². The van der Waals surface area contributed by atoms with Crippen LogP contribution in [0.2, 0.25) is 0 Å². The highest BCUT2D eigenvalue weighted by atomic mass is 15.4. The number of para-hydroxylation sites is 1. The molecule has 34 heavy (non-hydrogen) atoms. The van der Waals surface area contributed by atoms with Gasteiger partial charge in [-0.05, 0) is 47.0 Å². The quantitative estimate of drug-likeness (QED) is 0.145. The van der Waals surface area contributed by atoms with Crippen LogP contribution in [-0.4, -0.2) is 17.5 Å². The Morgan fingerprint density at radius 1 is 0.912 bits per heavy atom. The van der Waals surface area contributed by atoms with Gasteiger partial charge in [-0.1, -0.05) is 65.9 Å². The molecule has 5 rings (SSSR count). The van der Waals surface area contributed by atoms with Gasteiger partial charge in [-0.15, -0.1) is 5.11 Å². The van der Waals surface area contributed by atoms with Crippen molar-refractivity contribution in [1.29, 1.82) is 10.7 Å². The van der Waals surface area contributed by atoms with Gasteiger partial charge in [-0.3, -0.25) is 10.8 Å². The van der Waals surface area contributed by atoms with Gasteiger partial charge in [0.1, 0.15) is 0 Å². The zero-order valence-corrected chi connectivity index (χ0v) is 18.7. The van der Waals surface area contributed by atoms with Crippen LogP contribution in [0, 0.1) is 16.7 Å². The Kier molecular flexibility index (Phi) is 5.59. The molecule has 1 aromatic heterocycles. The van der Waals surface area contributed by atoms with E-state index in [0.717, 1.165) is 38.5 Å². The molecule has 0 atom stereocenters.